The molecule has 32 heavy (non-hydrogen) atoms. The van der Waals surface area contributed by atoms with E-state index in [1.807, 2.05) is 0 Å². The highest BCUT2D eigenvalue weighted by atomic mass is 16.5. The van der Waals surface area contributed by atoms with Crippen molar-refractivity contribution >= 4 is 23.5 Å². The Morgan fingerprint density at radius 2 is 1.97 bits per heavy atom. The van der Waals surface area contributed by atoms with Gasteiger partial charge in [0.2, 0.25) is 5.95 Å². The van der Waals surface area contributed by atoms with Gasteiger partial charge in [-0.25, -0.2) is 4.98 Å². The lowest BCUT2D eigenvalue weighted by Gasteiger charge is -2.31. The largest absolute Gasteiger partial charge is 0.476 e. The fourth-order valence-corrected chi connectivity index (χ4v) is 3.86. The van der Waals surface area contributed by atoms with E-state index in [0.717, 1.165) is 25.9 Å². The Kier molecular flexibility index (Phi) is 5.66. The first kappa shape index (κ1) is 21.9. The average Bonchev–Trinajstić information content (AvgIpc) is 2.74. The number of carbonyl (C=O) groups excluding carboxylic acids is 2. The summed E-state index contributed by atoms with van der Waals surface area (Å²) in [4.78, 5) is 46.7. The molecule has 2 aliphatic rings. The normalized spacial score (nSPS) is 18.9. The topological polar surface area (TPSA) is 116 Å². The summed E-state index contributed by atoms with van der Waals surface area (Å²) in [6, 6.07) is 5.81. The summed E-state index contributed by atoms with van der Waals surface area (Å²) in [5, 5.41) is 5.66. The van der Waals surface area contributed by atoms with E-state index in [2.05, 4.69) is 32.4 Å². The van der Waals surface area contributed by atoms with Crippen molar-refractivity contribution in [3.8, 4) is 5.75 Å². The van der Waals surface area contributed by atoms with Crippen molar-refractivity contribution in [2.24, 2.45) is 5.92 Å². The van der Waals surface area contributed by atoms with E-state index in [9.17, 15) is 14.4 Å². The third-order valence-corrected chi connectivity index (χ3v) is 6.03. The molecular formula is C23H29N5O4. The molecule has 1 aromatic carbocycles. The van der Waals surface area contributed by atoms with E-state index in [1.54, 1.807) is 39.0 Å². The number of ether oxygens (including phenoxy) is 1. The molecule has 1 atom stereocenters. The smallest absolute Gasteiger partial charge is 0.268 e. The summed E-state index contributed by atoms with van der Waals surface area (Å²) in [5.74, 6) is 1.10. The zero-order valence-electron chi connectivity index (χ0n) is 18.8. The van der Waals surface area contributed by atoms with Crippen LogP contribution < -0.4 is 25.8 Å². The van der Waals surface area contributed by atoms with E-state index in [4.69, 9.17) is 4.74 Å². The van der Waals surface area contributed by atoms with Crippen LogP contribution in [0, 0.1) is 5.92 Å². The predicted molar refractivity (Wildman–Crippen MR) is 121 cm³/mol. The molecule has 1 aromatic heterocycles. The molecule has 1 fully saturated rings. The molecule has 170 valence electrons. The summed E-state index contributed by atoms with van der Waals surface area (Å²) in [6.45, 7) is 9.05. The SMILES string of the molecule is CC1CCN(c2nc([C@@H](C)NC(=O)c3ccc4c(c3)NC(=O)C(C)(C)O4)cc(=O)[nH]2)CC1. The van der Waals surface area contributed by atoms with Gasteiger partial charge in [0.25, 0.3) is 17.4 Å². The van der Waals surface area contributed by atoms with Crippen molar-refractivity contribution in [3.05, 3.63) is 45.9 Å². The van der Waals surface area contributed by atoms with Gasteiger partial charge in [-0.15, -0.1) is 0 Å². The molecule has 0 aliphatic carbocycles. The molecule has 9 nitrogen and oxygen atoms in total. The van der Waals surface area contributed by atoms with Crippen LogP contribution >= 0.6 is 0 Å². The van der Waals surface area contributed by atoms with Gasteiger partial charge < -0.3 is 20.3 Å². The summed E-state index contributed by atoms with van der Waals surface area (Å²) < 4.78 is 5.71. The quantitative estimate of drug-likeness (QED) is 0.674. The minimum atomic E-state index is -0.971. The summed E-state index contributed by atoms with van der Waals surface area (Å²) in [5.41, 5.74) is 0.0920. The molecule has 1 saturated heterocycles. The number of benzene rings is 1. The lowest BCUT2D eigenvalue weighted by Crippen LogP contribution is -2.45. The molecule has 2 aliphatic heterocycles. The van der Waals surface area contributed by atoms with Gasteiger partial charge in [-0.3, -0.25) is 19.4 Å². The van der Waals surface area contributed by atoms with Crippen molar-refractivity contribution in [3.63, 3.8) is 0 Å². The first-order valence-corrected chi connectivity index (χ1v) is 10.9. The van der Waals surface area contributed by atoms with E-state index < -0.39 is 11.6 Å². The number of fused-ring (bicyclic) bond motifs is 1. The molecule has 0 spiro atoms. The van der Waals surface area contributed by atoms with Crippen molar-refractivity contribution in [2.45, 2.75) is 52.2 Å². The number of rotatable bonds is 4. The van der Waals surface area contributed by atoms with Crippen LogP contribution in [0.3, 0.4) is 0 Å². The molecule has 9 heteroatoms. The zero-order valence-corrected chi connectivity index (χ0v) is 18.8. The highest BCUT2D eigenvalue weighted by molar-refractivity contribution is 6.02. The first-order valence-electron chi connectivity index (χ1n) is 10.9. The Morgan fingerprint density at radius 1 is 1.25 bits per heavy atom. The Labute approximate surface area is 186 Å². The maximum atomic E-state index is 12.8. The van der Waals surface area contributed by atoms with Crippen LogP contribution in [-0.2, 0) is 4.79 Å². The number of aromatic nitrogens is 2. The number of amides is 2. The standard InChI is InChI=1S/C23H29N5O4/c1-13-7-9-28(10-8-13)22-26-16(12-19(29)27-22)14(2)24-20(30)15-5-6-18-17(11-15)25-21(31)23(3,4)32-18/h5-6,11-14H,7-10H2,1-4H3,(H,24,30)(H,25,31)(H,26,27,29)/t14-/m1/s1. The molecule has 4 rings (SSSR count). The van der Waals surface area contributed by atoms with Crippen LogP contribution in [0.25, 0.3) is 0 Å². The summed E-state index contributed by atoms with van der Waals surface area (Å²) in [6.07, 6.45) is 2.10. The maximum Gasteiger partial charge on any atom is 0.268 e. The van der Waals surface area contributed by atoms with Crippen LogP contribution in [0.4, 0.5) is 11.6 Å². The second-order valence-corrected chi connectivity index (χ2v) is 9.14. The van der Waals surface area contributed by atoms with E-state index in [0.29, 0.717) is 34.6 Å². The highest BCUT2D eigenvalue weighted by Gasteiger charge is 2.35. The number of anilines is 2. The number of piperidine rings is 1. The molecule has 0 saturated carbocycles. The van der Waals surface area contributed by atoms with Crippen molar-refractivity contribution in [1.82, 2.24) is 15.3 Å². The highest BCUT2D eigenvalue weighted by Crippen LogP contribution is 2.34. The van der Waals surface area contributed by atoms with Crippen LogP contribution in [0.5, 0.6) is 5.75 Å². The number of H-pyrrole nitrogens is 1. The van der Waals surface area contributed by atoms with Gasteiger partial charge in [0, 0.05) is 24.7 Å². The zero-order chi connectivity index (χ0) is 23.0. The fraction of sp³-hybridized carbons (Fsp3) is 0.478. The van der Waals surface area contributed by atoms with E-state index >= 15 is 0 Å². The van der Waals surface area contributed by atoms with E-state index in [-0.39, 0.29) is 17.4 Å². The van der Waals surface area contributed by atoms with Crippen LogP contribution in [-0.4, -0.2) is 40.5 Å². The maximum absolute atomic E-state index is 12.8. The number of hydrogen-bond acceptors (Lipinski definition) is 6. The van der Waals surface area contributed by atoms with Crippen molar-refractivity contribution in [2.75, 3.05) is 23.3 Å². The van der Waals surface area contributed by atoms with Gasteiger partial charge in [-0.1, -0.05) is 6.92 Å². The van der Waals surface area contributed by atoms with Gasteiger partial charge in [0.15, 0.2) is 5.60 Å². The Balaban J connectivity index is 1.49. The van der Waals surface area contributed by atoms with Crippen LogP contribution in [0.15, 0.2) is 29.1 Å². The molecule has 3 N–H and O–H groups in total. The minimum Gasteiger partial charge on any atom is -0.476 e. The van der Waals surface area contributed by atoms with Gasteiger partial charge >= 0.3 is 0 Å². The number of nitrogens with zero attached hydrogens (tertiary/aromatic N) is 2. The van der Waals surface area contributed by atoms with Crippen LogP contribution in [0.1, 0.15) is 62.6 Å². The van der Waals surface area contributed by atoms with E-state index in [1.165, 1.54) is 6.07 Å². The van der Waals surface area contributed by atoms with Crippen molar-refractivity contribution in [1.29, 1.82) is 0 Å². The van der Waals surface area contributed by atoms with Crippen molar-refractivity contribution < 1.29 is 14.3 Å². The van der Waals surface area contributed by atoms with Crippen LogP contribution in [0.2, 0.25) is 0 Å². The van der Waals surface area contributed by atoms with Gasteiger partial charge in [-0.2, -0.15) is 0 Å². The lowest BCUT2D eigenvalue weighted by molar-refractivity contribution is -0.129. The second-order valence-electron chi connectivity index (χ2n) is 9.14. The molecular weight excluding hydrogens is 410 g/mol. The molecule has 3 heterocycles. The monoisotopic (exact) mass is 439 g/mol. The minimum absolute atomic E-state index is 0.249. The number of hydrogen-bond donors (Lipinski definition) is 3. The predicted octanol–water partition coefficient (Wildman–Crippen LogP) is 2.61. The third kappa shape index (κ3) is 4.46. The molecule has 2 amide bonds. The molecule has 0 bridgehead atoms. The Hall–Kier alpha value is -3.36. The summed E-state index contributed by atoms with van der Waals surface area (Å²) in [7, 11) is 0. The number of carbonyl (C=O) groups is 2. The number of aromatic amines is 1. The van der Waals surface area contributed by atoms with Gasteiger partial charge in [0.05, 0.1) is 17.4 Å². The lowest BCUT2D eigenvalue weighted by atomic mass is 10.00. The van der Waals surface area contributed by atoms with Gasteiger partial charge in [0.1, 0.15) is 5.75 Å². The first-order chi connectivity index (χ1) is 15.1. The van der Waals surface area contributed by atoms with Gasteiger partial charge in [-0.05, 0) is 57.7 Å². The molecule has 0 radical (unpaired) electrons. The molecule has 2 aromatic rings. The fourth-order valence-electron chi connectivity index (χ4n) is 3.86. The second kappa shape index (κ2) is 8.29. The Bertz CT molecular complexity index is 1100. The summed E-state index contributed by atoms with van der Waals surface area (Å²) >= 11 is 0. The average molecular weight is 440 g/mol. The number of nitrogens with one attached hydrogen (secondary N) is 3. The third-order valence-electron chi connectivity index (χ3n) is 6.03. The molecule has 0 unspecified atom stereocenters. The Morgan fingerprint density at radius 3 is 2.69 bits per heavy atom.